The van der Waals surface area contributed by atoms with Crippen molar-refractivity contribution < 1.29 is 9.90 Å². The number of likely N-dealkylation sites (tertiary alicyclic amines) is 1. The zero-order valence-electron chi connectivity index (χ0n) is 12.2. The molecule has 4 N–H and O–H groups in total. The Kier molecular flexibility index (Phi) is 5.08. The van der Waals surface area contributed by atoms with Gasteiger partial charge in [-0.05, 0) is 50.9 Å². The molecule has 1 fully saturated rings. The van der Waals surface area contributed by atoms with Crippen LogP contribution in [0.3, 0.4) is 0 Å². The number of carbonyl (C=O) groups is 1. The summed E-state index contributed by atoms with van der Waals surface area (Å²) in [5, 5.41) is 13.4. The molecule has 21 heavy (non-hydrogen) atoms. The van der Waals surface area contributed by atoms with Gasteiger partial charge in [-0.1, -0.05) is 11.6 Å². The third-order valence-electron chi connectivity index (χ3n) is 3.81. The standard InChI is InChI=1S/C15H22ClN3O2/c1-15(21)5-2-7-19(8-6-15)10-14(20)18-13-9-11(16)3-4-12(13)17/h3-4,9,21H,2,5-8,10,17H2,1H3,(H,18,20). The molecule has 116 valence electrons. The van der Waals surface area contributed by atoms with Gasteiger partial charge in [0, 0.05) is 11.6 Å². The van der Waals surface area contributed by atoms with Gasteiger partial charge in [-0.3, -0.25) is 9.69 Å². The van der Waals surface area contributed by atoms with Crippen LogP contribution >= 0.6 is 11.6 Å². The maximum Gasteiger partial charge on any atom is 0.238 e. The van der Waals surface area contributed by atoms with Crippen molar-refractivity contribution in [3.8, 4) is 0 Å². The third kappa shape index (κ3) is 4.88. The van der Waals surface area contributed by atoms with Gasteiger partial charge in [0.05, 0.1) is 23.5 Å². The first kappa shape index (κ1) is 16.1. The van der Waals surface area contributed by atoms with Crippen LogP contribution in [0.5, 0.6) is 0 Å². The predicted molar refractivity (Wildman–Crippen MR) is 85.4 cm³/mol. The number of amides is 1. The lowest BCUT2D eigenvalue weighted by Crippen LogP contribution is -2.35. The molecule has 5 nitrogen and oxygen atoms in total. The zero-order chi connectivity index (χ0) is 15.5. The van der Waals surface area contributed by atoms with Crippen molar-refractivity contribution in [1.82, 2.24) is 4.90 Å². The second kappa shape index (κ2) is 6.64. The smallest absolute Gasteiger partial charge is 0.238 e. The Hall–Kier alpha value is -1.30. The van der Waals surface area contributed by atoms with E-state index >= 15 is 0 Å². The SMILES string of the molecule is CC1(O)CCCN(CC(=O)Nc2cc(Cl)ccc2N)CC1. The summed E-state index contributed by atoms with van der Waals surface area (Å²) >= 11 is 5.90. The van der Waals surface area contributed by atoms with Gasteiger partial charge in [-0.15, -0.1) is 0 Å². The number of hydrogen-bond donors (Lipinski definition) is 3. The molecule has 0 spiro atoms. The van der Waals surface area contributed by atoms with Gasteiger partial charge < -0.3 is 16.2 Å². The second-order valence-corrected chi connectivity index (χ2v) is 6.34. The minimum atomic E-state index is -0.622. The molecule has 1 aliphatic heterocycles. The molecule has 1 atom stereocenters. The first-order valence-corrected chi connectivity index (χ1v) is 7.53. The lowest BCUT2D eigenvalue weighted by atomic mass is 9.98. The van der Waals surface area contributed by atoms with E-state index < -0.39 is 5.60 Å². The normalized spacial score (nSPS) is 23.6. The van der Waals surface area contributed by atoms with E-state index in [-0.39, 0.29) is 5.91 Å². The molecule has 6 heteroatoms. The van der Waals surface area contributed by atoms with Gasteiger partial charge in [0.15, 0.2) is 0 Å². The van der Waals surface area contributed by atoms with Gasteiger partial charge >= 0.3 is 0 Å². The topological polar surface area (TPSA) is 78.6 Å². The highest BCUT2D eigenvalue weighted by Crippen LogP contribution is 2.23. The van der Waals surface area contributed by atoms with E-state index in [1.165, 1.54) is 0 Å². The van der Waals surface area contributed by atoms with Crippen LogP contribution in [-0.2, 0) is 4.79 Å². The number of nitrogen functional groups attached to an aromatic ring is 1. The summed E-state index contributed by atoms with van der Waals surface area (Å²) in [6, 6.07) is 4.99. The van der Waals surface area contributed by atoms with Crippen LogP contribution in [0.25, 0.3) is 0 Å². The Bertz CT molecular complexity index is 520. The molecule has 0 bridgehead atoms. The average Bonchev–Trinajstić information content (AvgIpc) is 2.55. The number of carbonyl (C=O) groups excluding carboxylic acids is 1. The van der Waals surface area contributed by atoms with Gasteiger partial charge in [-0.25, -0.2) is 0 Å². The second-order valence-electron chi connectivity index (χ2n) is 5.91. The largest absolute Gasteiger partial charge is 0.397 e. The van der Waals surface area contributed by atoms with E-state index in [1.54, 1.807) is 18.2 Å². The van der Waals surface area contributed by atoms with E-state index in [2.05, 4.69) is 10.2 Å². The molecule has 0 radical (unpaired) electrons. The molecule has 1 unspecified atom stereocenters. The molecule has 1 aromatic carbocycles. The van der Waals surface area contributed by atoms with Gasteiger partial charge in [0.1, 0.15) is 0 Å². The predicted octanol–water partition coefficient (Wildman–Crippen LogP) is 2.10. The van der Waals surface area contributed by atoms with Crippen molar-refractivity contribution in [1.29, 1.82) is 0 Å². The minimum Gasteiger partial charge on any atom is -0.397 e. The number of nitrogens with zero attached hydrogens (tertiary/aromatic N) is 1. The van der Waals surface area contributed by atoms with E-state index in [9.17, 15) is 9.90 Å². The van der Waals surface area contributed by atoms with Crippen molar-refractivity contribution >= 4 is 28.9 Å². The number of benzene rings is 1. The fraction of sp³-hybridized carbons (Fsp3) is 0.533. The summed E-state index contributed by atoms with van der Waals surface area (Å²) in [4.78, 5) is 14.2. The van der Waals surface area contributed by atoms with Crippen molar-refractivity contribution in [2.24, 2.45) is 0 Å². The molecular weight excluding hydrogens is 290 g/mol. The molecule has 1 heterocycles. The molecule has 1 amide bonds. The Morgan fingerprint density at radius 1 is 1.48 bits per heavy atom. The number of nitrogens with two attached hydrogens (primary N) is 1. The number of rotatable bonds is 3. The lowest BCUT2D eigenvalue weighted by molar-refractivity contribution is -0.117. The minimum absolute atomic E-state index is 0.120. The first-order valence-electron chi connectivity index (χ1n) is 7.15. The molecule has 2 rings (SSSR count). The van der Waals surface area contributed by atoms with E-state index in [1.807, 2.05) is 6.92 Å². The van der Waals surface area contributed by atoms with Crippen LogP contribution in [-0.4, -0.2) is 41.1 Å². The highest BCUT2D eigenvalue weighted by atomic mass is 35.5. The Labute approximate surface area is 130 Å². The molecule has 1 aliphatic rings. The lowest BCUT2D eigenvalue weighted by Gasteiger charge is -2.22. The highest BCUT2D eigenvalue weighted by molar-refractivity contribution is 6.31. The van der Waals surface area contributed by atoms with Gasteiger partial charge in [0.2, 0.25) is 5.91 Å². The van der Waals surface area contributed by atoms with Crippen LogP contribution in [0.4, 0.5) is 11.4 Å². The van der Waals surface area contributed by atoms with Crippen molar-refractivity contribution in [2.75, 3.05) is 30.7 Å². The first-order chi connectivity index (χ1) is 9.85. The Morgan fingerprint density at radius 2 is 2.24 bits per heavy atom. The number of hydrogen-bond acceptors (Lipinski definition) is 4. The van der Waals surface area contributed by atoms with Crippen LogP contribution in [0.2, 0.25) is 5.02 Å². The van der Waals surface area contributed by atoms with Crippen LogP contribution in [0.15, 0.2) is 18.2 Å². The van der Waals surface area contributed by atoms with Crippen molar-refractivity contribution in [3.05, 3.63) is 23.2 Å². The van der Waals surface area contributed by atoms with Crippen LogP contribution in [0.1, 0.15) is 26.2 Å². The molecule has 1 aromatic rings. The summed E-state index contributed by atoms with van der Waals surface area (Å²) in [5.74, 6) is -0.120. The number of anilines is 2. The molecule has 0 aromatic heterocycles. The van der Waals surface area contributed by atoms with Gasteiger partial charge in [0.25, 0.3) is 0 Å². The average molecular weight is 312 g/mol. The van der Waals surface area contributed by atoms with E-state index in [0.717, 1.165) is 19.4 Å². The number of nitrogens with one attached hydrogen (secondary N) is 1. The summed E-state index contributed by atoms with van der Waals surface area (Å²) in [6.45, 7) is 3.67. The Balaban J connectivity index is 1.91. The molecular formula is C15H22ClN3O2. The van der Waals surface area contributed by atoms with Crippen LogP contribution < -0.4 is 11.1 Å². The number of aliphatic hydroxyl groups is 1. The molecule has 1 saturated heterocycles. The highest BCUT2D eigenvalue weighted by Gasteiger charge is 2.25. The monoisotopic (exact) mass is 311 g/mol. The maximum absolute atomic E-state index is 12.1. The van der Waals surface area contributed by atoms with E-state index in [0.29, 0.717) is 35.9 Å². The molecule has 0 aliphatic carbocycles. The third-order valence-corrected chi connectivity index (χ3v) is 4.05. The quantitative estimate of drug-likeness (QED) is 0.747. The summed E-state index contributed by atoms with van der Waals surface area (Å²) < 4.78 is 0. The summed E-state index contributed by atoms with van der Waals surface area (Å²) in [6.07, 6.45) is 2.34. The van der Waals surface area contributed by atoms with Crippen molar-refractivity contribution in [2.45, 2.75) is 31.8 Å². The maximum atomic E-state index is 12.1. The molecule has 0 saturated carbocycles. The summed E-state index contributed by atoms with van der Waals surface area (Å²) in [7, 11) is 0. The van der Waals surface area contributed by atoms with Crippen LogP contribution in [0, 0.1) is 0 Å². The van der Waals surface area contributed by atoms with E-state index in [4.69, 9.17) is 17.3 Å². The van der Waals surface area contributed by atoms with Gasteiger partial charge in [-0.2, -0.15) is 0 Å². The van der Waals surface area contributed by atoms with Crippen molar-refractivity contribution in [3.63, 3.8) is 0 Å². The fourth-order valence-corrected chi connectivity index (χ4v) is 2.68. The fourth-order valence-electron chi connectivity index (χ4n) is 2.51. The zero-order valence-corrected chi connectivity index (χ0v) is 13.0. The Morgan fingerprint density at radius 3 is 3.00 bits per heavy atom. The summed E-state index contributed by atoms with van der Waals surface area (Å²) in [5.41, 5.74) is 6.22. The number of halogens is 1.